The summed E-state index contributed by atoms with van der Waals surface area (Å²) < 4.78 is 11.6. The Morgan fingerprint density at radius 1 is 1.27 bits per heavy atom. The molecule has 0 radical (unpaired) electrons. The summed E-state index contributed by atoms with van der Waals surface area (Å²) in [5.74, 6) is 1.38. The van der Waals surface area contributed by atoms with E-state index in [-0.39, 0.29) is 6.04 Å². The number of rotatable bonds is 7. The lowest BCUT2D eigenvalue weighted by Gasteiger charge is -2.37. The third-order valence-electron chi connectivity index (χ3n) is 5.96. The topological polar surface area (TPSA) is 75.1 Å². The number of piperidine rings is 1. The number of morpholine rings is 1. The number of benzene rings is 1. The highest BCUT2D eigenvalue weighted by Gasteiger charge is 2.32. The SMILES string of the molecule is O=C(O)N1CCC(CCOc2ccccc2N2CCOCC2)CC1Cc1nccs1. The second-order valence-electron chi connectivity index (χ2n) is 7.85. The normalized spacial score (nSPS) is 22.1. The maximum absolute atomic E-state index is 11.7. The fourth-order valence-corrected chi connectivity index (χ4v) is 5.07. The van der Waals surface area contributed by atoms with Crippen molar-refractivity contribution in [2.75, 3.05) is 44.4 Å². The second-order valence-corrected chi connectivity index (χ2v) is 8.83. The van der Waals surface area contributed by atoms with Gasteiger partial charge in [-0.3, -0.25) is 0 Å². The van der Waals surface area contributed by atoms with E-state index in [0.717, 1.165) is 62.0 Å². The molecule has 0 saturated carbocycles. The van der Waals surface area contributed by atoms with E-state index >= 15 is 0 Å². The van der Waals surface area contributed by atoms with E-state index < -0.39 is 6.09 Å². The van der Waals surface area contributed by atoms with Crippen molar-refractivity contribution in [3.05, 3.63) is 40.8 Å². The molecule has 1 aromatic carbocycles. The summed E-state index contributed by atoms with van der Waals surface area (Å²) in [5, 5.41) is 12.5. The van der Waals surface area contributed by atoms with Gasteiger partial charge in [-0.05, 0) is 37.3 Å². The van der Waals surface area contributed by atoms with Gasteiger partial charge in [-0.15, -0.1) is 11.3 Å². The van der Waals surface area contributed by atoms with Crippen LogP contribution in [0.1, 0.15) is 24.3 Å². The fraction of sp³-hybridized carbons (Fsp3) is 0.545. The van der Waals surface area contributed by atoms with Crippen LogP contribution in [-0.4, -0.2) is 66.6 Å². The van der Waals surface area contributed by atoms with Gasteiger partial charge >= 0.3 is 6.09 Å². The largest absolute Gasteiger partial charge is 0.491 e. The van der Waals surface area contributed by atoms with Crippen molar-refractivity contribution in [1.29, 1.82) is 0 Å². The molecule has 2 aliphatic rings. The predicted molar refractivity (Wildman–Crippen MR) is 117 cm³/mol. The third kappa shape index (κ3) is 5.23. The van der Waals surface area contributed by atoms with E-state index in [2.05, 4.69) is 16.0 Å². The summed E-state index contributed by atoms with van der Waals surface area (Å²) >= 11 is 1.59. The number of carboxylic acid groups (broad SMARTS) is 1. The number of ether oxygens (including phenoxy) is 2. The Labute approximate surface area is 181 Å². The first kappa shape index (κ1) is 20.9. The zero-order valence-corrected chi connectivity index (χ0v) is 17.9. The number of thiazole rings is 1. The number of para-hydroxylation sites is 2. The standard InChI is InChI=1S/C22H29N3O4S/c26-22(27)25-8-5-17(15-18(25)16-21-23-7-14-30-21)6-11-29-20-4-2-1-3-19(20)24-9-12-28-13-10-24/h1-4,7,14,17-18H,5-6,8-13,15-16H2,(H,26,27). The van der Waals surface area contributed by atoms with Crippen LogP contribution >= 0.6 is 11.3 Å². The second kappa shape index (κ2) is 10.1. The van der Waals surface area contributed by atoms with E-state index in [4.69, 9.17) is 9.47 Å². The number of aromatic nitrogens is 1. The van der Waals surface area contributed by atoms with Crippen molar-refractivity contribution in [2.45, 2.75) is 31.7 Å². The molecular formula is C22H29N3O4S. The van der Waals surface area contributed by atoms with Crippen LogP contribution in [0.15, 0.2) is 35.8 Å². The molecule has 2 unspecified atom stereocenters. The summed E-state index contributed by atoms with van der Waals surface area (Å²) in [6, 6.07) is 8.18. The Kier molecular flexibility index (Phi) is 7.07. The van der Waals surface area contributed by atoms with E-state index in [1.165, 1.54) is 0 Å². The molecule has 2 fully saturated rings. The number of hydrogen-bond donors (Lipinski definition) is 1. The number of nitrogens with zero attached hydrogens (tertiary/aromatic N) is 3. The van der Waals surface area contributed by atoms with Crippen molar-refractivity contribution >= 4 is 23.1 Å². The van der Waals surface area contributed by atoms with Crippen LogP contribution in [0.4, 0.5) is 10.5 Å². The van der Waals surface area contributed by atoms with Crippen LogP contribution in [0.2, 0.25) is 0 Å². The molecule has 1 aromatic heterocycles. The van der Waals surface area contributed by atoms with Crippen LogP contribution in [-0.2, 0) is 11.2 Å². The highest BCUT2D eigenvalue weighted by atomic mass is 32.1. The quantitative estimate of drug-likeness (QED) is 0.720. The van der Waals surface area contributed by atoms with Crippen molar-refractivity contribution in [3.63, 3.8) is 0 Å². The van der Waals surface area contributed by atoms with Gasteiger partial charge in [0.25, 0.3) is 0 Å². The number of amides is 1. The monoisotopic (exact) mass is 431 g/mol. The Hall–Kier alpha value is -2.32. The molecule has 2 aromatic rings. The highest BCUT2D eigenvalue weighted by Crippen LogP contribution is 2.31. The minimum atomic E-state index is -0.828. The van der Waals surface area contributed by atoms with Crippen LogP contribution in [0.3, 0.4) is 0 Å². The van der Waals surface area contributed by atoms with Gasteiger partial charge in [0.05, 0.1) is 30.5 Å². The molecule has 8 heteroatoms. The summed E-state index contributed by atoms with van der Waals surface area (Å²) in [6.07, 6.45) is 4.33. The summed E-state index contributed by atoms with van der Waals surface area (Å²) in [6.45, 7) is 4.48. The van der Waals surface area contributed by atoms with Gasteiger partial charge in [-0.2, -0.15) is 0 Å². The van der Waals surface area contributed by atoms with Gasteiger partial charge in [-0.25, -0.2) is 9.78 Å². The Morgan fingerprint density at radius 2 is 2.10 bits per heavy atom. The molecule has 7 nitrogen and oxygen atoms in total. The Morgan fingerprint density at radius 3 is 2.87 bits per heavy atom. The fourth-order valence-electron chi connectivity index (χ4n) is 4.38. The molecule has 2 saturated heterocycles. The first-order chi connectivity index (χ1) is 14.7. The predicted octanol–water partition coefficient (Wildman–Crippen LogP) is 3.75. The van der Waals surface area contributed by atoms with E-state index in [0.29, 0.717) is 25.5 Å². The molecule has 0 aliphatic carbocycles. The summed E-state index contributed by atoms with van der Waals surface area (Å²) in [5.41, 5.74) is 1.13. The van der Waals surface area contributed by atoms with Gasteiger partial charge in [0.15, 0.2) is 0 Å². The van der Waals surface area contributed by atoms with Gasteiger partial charge in [0.1, 0.15) is 5.75 Å². The maximum atomic E-state index is 11.7. The lowest BCUT2D eigenvalue weighted by Crippen LogP contribution is -2.46. The van der Waals surface area contributed by atoms with Crippen molar-refractivity contribution < 1.29 is 19.4 Å². The van der Waals surface area contributed by atoms with Crippen LogP contribution < -0.4 is 9.64 Å². The molecule has 162 valence electrons. The average molecular weight is 432 g/mol. The number of likely N-dealkylation sites (tertiary alicyclic amines) is 1. The molecule has 2 atom stereocenters. The first-order valence-electron chi connectivity index (χ1n) is 10.6. The lowest BCUT2D eigenvalue weighted by molar-refractivity contribution is 0.0842. The van der Waals surface area contributed by atoms with Gasteiger partial charge in [-0.1, -0.05) is 12.1 Å². The zero-order chi connectivity index (χ0) is 20.8. The van der Waals surface area contributed by atoms with E-state index in [1.54, 1.807) is 22.4 Å². The molecule has 30 heavy (non-hydrogen) atoms. The van der Waals surface area contributed by atoms with Crippen molar-refractivity contribution in [2.24, 2.45) is 5.92 Å². The van der Waals surface area contributed by atoms with E-state index in [9.17, 15) is 9.90 Å². The van der Waals surface area contributed by atoms with Crippen LogP contribution in [0.25, 0.3) is 0 Å². The molecule has 1 amide bonds. The summed E-state index contributed by atoms with van der Waals surface area (Å²) in [4.78, 5) is 19.9. The molecule has 0 bridgehead atoms. The van der Waals surface area contributed by atoms with Gasteiger partial charge in [0, 0.05) is 43.7 Å². The molecule has 2 aliphatic heterocycles. The third-order valence-corrected chi connectivity index (χ3v) is 6.77. The number of anilines is 1. The smallest absolute Gasteiger partial charge is 0.407 e. The highest BCUT2D eigenvalue weighted by molar-refractivity contribution is 7.09. The maximum Gasteiger partial charge on any atom is 0.407 e. The van der Waals surface area contributed by atoms with E-state index in [1.807, 2.05) is 23.6 Å². The van der Waals surface area contributed by atoms with Crippen molar-refractivity contribution in [1.82, 2.24) is 9.88 Å². The van der Waals surface area contributed by atoms with Crippen LogP contribution in [0, 0.1) is 5.92 Å². The minimum Gasteiger partial charge on any atom is -0.491 e. The molecule has 0 spiro atoms. The van der Waals surface area contributed by atoms with Crippen molar-refractivity contribution in [3.8, 4) is 5.75 Å². The zero-order valence-electron chi connectivity index (χ0n) is 17.1. The minimum absolute atomic E-state index is 0.00645. The lowest BCUT2D eigenvalue weighted by atomic mass is 9.87. The molecular weight excluding hydrogens is 402 g/mol. The Balaban J connectivity index is 1.32. The average Bonchev–Trinajstić information content (AvgIpc) is 3.28. The van der Waals surface area contributed by atoms with Gasteiger partial charge < -0.3 is 24.4 Å². The number of hydrogen-bond acceptors (Lipinski definition) is 6. The first-order valence-corrected chi connectivity index (χ1v) is 11.5. The van der Waals surface area contributed by atoms with Crippen LogP contribution in [0.5, 0.6) is 5.75 Å². The Bertz CT molecular complexity index is 810. The molecule has 3 heterocycles. The molecule has 4 rings (SSSR count). The summed E-state index contributed by atoms with van der Waals surface area (Å²) in [7, 11) is 0. The number of carbonyl (C=O) groups is 1. The molecule has 1 N–H and O–H groups in total. The van der Waals surface area contributed by atoms with Gasteiger partial charge in [0.2, 0.25) is 0 Å².